The maximum absolute atomic E-state index is 7.50. The molecule has 1 aromatic heterocycles. The van der Waals surface area contributed by atoms with E-state index in [1.807, 2.05) is 12.3 Å². The van der Waals surface area contributed by atoms with Gasteiger partial charge in [-0.1, -0.05) is 43.7 Å². The molecule has 0 aliphatic carbocycles. The van der Waals surface area contributed by atoms with Crippen LogP contribution in [0, 0.1) is 10.5 Å². The molecule has 2 aromatic rings. The Kier molecular flexibility index (Phi) is 3.92. The zero-order valence-electron chi connectivity index (χ0n) is 8.90. The Bertz CT molecular complexity index is 435. The van der Waals surface area contributed by atoms with E-state index in [0.717, 1.165) is 5.52 Å². The van der Waals surface area contributed by atoms with E-state index >= 15 is 0 Å². The van der Waals surface area contributed by atoms with Crippen molar-refractivity contribution in [2.75, 3.05) is 0 Å². The fourth-order valence-corrected chi connectivity index (χ4v) is 1.59. The van der Waals surface area contributed by atoms with Crippen molar-refractivity contribution < 1.29 is 0 Å². The highest BCUT2D eigenvalue weighted by Crippen LogP contribution is 2.22. The minimum Gasteiger partial charge on any atom is -0.256 e. The zero-order valence-corrected chi connectivity index (χ0v) is 8.90. The number of nitroso groups, excluding NO2 is 1. The first-order valence-electron chi connectivity index (χ1n) is 4.83. The quantitative estimate of drug-likeness (QED) is 0.717. The van der Waals surface area contributed by atoms with Gasteiger partial charge < -0.3 is 0 Å². The van der Waals surface area contributed by atoms with E-state index in [9.17, 15) is 0 Å². The third-order valence-electron chi connectivity index (χ3n) is 2.29. The van der Waals surface area contributed by atoms with E-state index in [-0.39, 0.29) is 0 Å². The molecule has 78 valence electrons. The number of nitrogens with zero attached hydrogens (tertiary/aromatic N) is 1. The smallest absolute Gasteiger partial charge is 0.0736 e. The van der Waals surface area contributed by atoms with Crippen molar-refractivity contribution >= 4 is 10.9 Å². The first-order chi connectivity index (χ1) is 7.29. The van der Waals surface area contributed by atoms with Crippen molar-refractivity contribution in [3.8, 4) is 0 Å². The van der Waals surface area contributed by atoms with Crippen molar-refractivity contribution in [2.24, 2.45) is 0 Å². The van der Waals surface area contributed by atoms with Crippen LogP contribution in [0.1, 0.15) is 25.3 Å². The lowest BCUT2D eigenvalue weighted by Crippen LogP contribution is -1.90. The van der Waals surface area contributed by atoms with Gasteiger partial charge in [-0.2, -0.15) is 4.91 Å². The zero-order chi connectivity index (χ0) is 11.3. The van der Waals surface area contributed by atoms with Gasteiger partial charge in [-0.05, 0) is 17.5 Å². The van der Waals surface area contributed by atoms with Crippen LogP contribution >= 0.6 is 0 Å². The van der Waals surface area contributed by atoms with Gasteiger partial charge >= 0.3 is 0 Å². The van der Waals surface area contributed by atoms with E-state index in [4.69, 9.17) is 4.91 Å². The number of pyridine rings is 1. The Hall–Kier alpha value is -1.77. The minimum absolute atomic E-state index is 0.540. The lowest BCUT2D eigenvalue weighted by molar-refractivity contribution is 0.873. The molecule has 15 heavy (non-hydrogen) atoms. The van der Waals surface area contributed by atoms with Crippen LogP contribution in [0.15, 0.2) is 36.5 Å². The maximum atomic E-state index is 7.50. The predicted molar refractivity (Wildman–Crippen MR) is 61.9 cm³/mol. The number of para-hydroxylation sites is 1. The lowest BCUT2D eigenvalue weighted by Gasteiger charge is -2.07. The molecule has 0 saturated carbocycles. The molecule has 1 heterocycles. The summed E-state index contributed by atoms with van der Waals surface area (Å²) in [5, 5.41) is 1.23. The van der Waals surface area contributed by atoms with E-state index in [1.54, 1.807) is 0 Å². The van der Waals surface area contributed by atoms with Crippen molar-refractivity contribution in [3.63, 3.8) is 0 Å². The third-order valence-corrected chi connectivity index (χ3v) is 2.29. The highest BCUT2D eigenvalue weighted by atomic mass is 16.2. The minimum atomic E-state index is 0.540. The molecule has 0 atom stereocenters. The topological polar surface area (TPSA) is 53.8 Å². The Morgan fingerprint density at radius 2 is 1.80 bits per heavy atom. The molecule has 2 rings (SSSR count). The predicted octanol–water partition coefficient (Wildman–Crippen LogP) is 3.69. The van der Waals surface area contributed by atoms with Crippen LogP contribution in [-0.4, -0.2) is 4.98 Å². The molecule has 0 unspecified atom stereocenters. The summed E-state index contributed by atoms with van der Waals surface area (Å²) in [6.07, 6.45) is 1.86. The number of rotatable bonds is 1. The SMILES string of the molecule is CC(C)c1cccc2cccnc12.N=O. The molecule has 3 nitrogen and oxygen atoms in total. The van der Waals surface area contributed by atoms with E-state index < -0.39 is 0 Å². The van der Waals surface area contributed by atoms with E-state index in [1.165, 1.54) is 10.9 Å². The average molecular weight is 202 g/mol. The summed E-state index contributed by atoms with van der Waals surface area (Å²) in [5.41, 5.74) is 6.97. The second-order valence-electron chi connectivity index (χ2n) is 3.58. The Morgan fingerprint density at radius 1 is 1.13 bits per heavy atom. The van der Waals surface area contributed by atoms with E-state index in [0.29, 0.717) is 5.92 Å². The average Bonchev–Trinajstić information content (AvgIpc) is 2.31. The van der Waals surface area contributed by atoms with Crippen LogP contribution in [0.4, 0.5) is 0 Å². The normalized spacial score (nSPS) is 9.80. The summed E-state index contributed by atoms with van der Waals surface area (Å²) in [6, 6.07) is 10.4. The molecule has 1 aromatic carbocycles. The van der Waals surface area contributed by atoms with Crippen LogP contribution in [0.3, 0.4) is 0 Å². The monoisotopic (exact) mass is 202 g/mol. The number of hydrogen-bond donors (Lipinski definition) is 1. The fourth-order valence-electron chi connectivity index (χ4n) is 1.59. The van der Waals surface area contributed by atoms with Gasteiger partial charge in [-0.25, -0.2) is 0 Å². The standard InChI is InChI=1S/C12H13N.HNO/c1-9(2)11-7-3-5-10-6-4-8-13-12(10)11;1-2/h3-9H,1-2H3;1H. The summed E-state index contributed by atoms with van der Waals surface area (Å²) in [7, 11) is 0. The summed E-state index contributed by atoms with van der Waals surface area (Å²) in [5.74, 6) is 0.540. The van der Waals surface area contributed by atoms with Crippen molar-refractivity contribution in [1.82, 2.24) is 4.98 Å². The molecule has 0 spiro atoms. The van der Waals surface area contributed by atoms with Crippen molar-refractivity contribution in [3.05, 3.63) is 47.0 Å². The van der Waals surface area contributed by atoms with E-state index in [2.05, 4.69) is 48.7 Å². The Balaban J connectivity index is 0.000000531. The first kappa shape index (κ1) is 11.3. The highest BCUT2D eigenvalue weighted by Gasteiger charge is 2.04. The van der Waals surface area contributed by atoms with Crippen LogP contribution < -0.4 is 0 Å². The molecule has 1 N–H and O–H groups in total. The molecule has 0 saturated heterocycles. The largest absolute Gasteiger partial charge is 0.256 e. The molecule has 3 heteroatoms. The molecule has 0 aliphatic heterocycles. The number of hydrogen-bond acceptors (Lipinski definition) is 3. The van der Waals surface area contributed by atoms with Gasteiger partial charge in [0.1, 0.15) is 0 Å². The molecule has 0 aliphatic rings. The Morgan fingerprint density at radius 3 is 2.47 bits per heavy atom. The second kappa shape index (κ2) is 5.20. The summed E-state index contributed by atoms with van der Waals surface area (Å²) < 4.78 is 0. The fraction of sp³-hybridized carbons (Fsp3) is 0.250. The van der Waals surface area contributed by atoms with Crippen LogP contribution in [0.25, 0.3) is 10.9 Å². The van der Waals surface area contributed by atoms with Crippen molar-refractivity contribution in [1.29, 1.82) is 5.59 Å². The van der Waals surface area contributed by atoms with Gasteiger partial charge in [0, 0.05) is 11.6 Å². The summed E-state index contributed by atoms with van der Waals surface area (Å²) in [6.45, 7) is 4.40. The summed E-state index contributed by atoms with van der Waals surface area (Å²) >= 11 is 0. The highest BCUT2D eigenvalue weighted by molar-refractivity contribution is 5.81. The van der Waals surface area contributed by atoms with Crippen LogP contribution in [0.5, 0.6) is 0 Å². The van der Waals surface area contributed by atoms with Crippen LogP contribution in [-0.2, 0) is 0 Å². The molecule has 0 fully saturated rings. The molecule has 0 radical (unpaired) electrons. The van der Waals surface area contributed by atoms with Gasteiger partial charge in [-0.3, -0.25) is 4.98 Å². The molecule has 0 amide bonds. The number of benzene rings is 1. The Labute approximate surface area is 88.9 Å². The van der Waals surface area contributed by atoms with Crippen molar-refractivity contribution in [2.45, 2.75) is 19.8 Å². The molecular formula is C12H14N2O. The molecule has 0 bridgehead atoms. The van der Waals surface area contributed by atoms with Gasteiger partial charge in [0.15, 0.2) is 0 Å². The number of nitrogens with one attached hydrogen (secondary N) is 1. The maximum Gasteiger partial charge on any atom is 0.0736 e. The lowest BCUT2D eigenvalue weighted by atomic mass is 10.00. The van der Waals surface area contributed by atoms with Gasteiger partial charge in [0.2, 0.25) is 0 Å². The van der Waals surface area contributed by atoms with Gasteiger partial charge in [0.25, 0.3) is 0 Å². The first-order valence-corrected chi connectivity index (χ1v) is 4.83. The van der Waals surface area contributed by atoms with Gasteiger partial charge in [0.05, 0.1) is 5.52 Å². The number of aromatic nitrogens is 1. The summed E-state index contributed by atoms with van der Waals surface area (Å²) in [4.78, 5) is 11.9. The molecular weight excluding hydrogens is 188 g/mol. The number of fused-ring (bicyclic) bond motifs is 1. The van der Waals surface area contributed by atoms with Crippen LogP contribution in [0.2, 0.25) is 0 Å². The third kappa shape index (κ3) is 2.37. The second-order valence-corrected chi connectivity index (χ2v) is 3.58. The van der Waals surface area contributed by atoms with Gasteiger partial charge in [-0.15, -0.1) is 0 Å².